The molecule has 2 aromatic carbocycles. The maximum Gasteiger partial charge on any atom is 0.412 e. The van der Waals surface area contributed by atoms with Crippen LogP contribution in [0, 0.1) is 0 Å². The maximum absolute atomic E-state index is 12.1. The zero-order valence-corrected chi connectivity index (χ0v) is 22.2. The maximum atomic E-state index is 12.1. The average Bonchev–Trinajstić information content (AvgIpc) is 3.33. The van der Waals surface area contributed by atoms with Gasteiger partial charge in [-0.1, -0.05) is 38.1 Å². The van der Waals surface area contributed by atoms with Crippen LogP contribution in [0.1, 0.15) is 37.8 Å². The zero-order valence-electron chi connectivity index (χ0n) is 20.6. The van der Waals surface area contributed by atoms with Gasteiger partial charge in [-0.25, -0.2) is 26.4 Å². The van der Waals surface area contributed by atoms with E-state index in [1.54, 1.807) is 24.3 Å². The molecule has 2 heterocycles. The molecular weight excluding hydrogens is 520 g/mol. The summed E-state index contributed by atoms with van der Waals surface area (Å²) < 4.78 is 56.8. The number of carbonyl (C=O) groups excluding carboxylic acids is 2. The minimum Gasteiger partial charge on any atom is -0.410 e. The second-order valence-electron chi connectivity index (χ2n) is 9.94. The molecule has 0 radical (unpaired) electrons. The molecule has 0 saturated carbocycles. The Hall–Kier alpha value is -3.12. The highest BCUT2D eigenvalue weighted by atomic mass is 32.2. The van der Waals surface area contributed by atoms with Gasteiger partial charge in [-0.05, 0) is 48.2 Å². The smallest absolute Gasteiger partial charge is 0.410 e. The Bertz CT molecular complexity index is 1260. The standard InChI is InChI=1S/C25H30N2O8S2/c1-25(2,17-3-7-21(8-4-17)34-23(28)26-19-11-13-36(30,31)15-19)18-5-9-22(10-6-18)35-24(29)27-20-12-14-37(32,33)16-20/h3-10,19-20H,11-16H2,1-2H3,(H,26,28)(H,27,29)/t19-,20-/m0/s1. The van der Waals surface area contributed by atoms with Crippen molar-refractivity contribution in [2.75, 3.05) is 23.0 Å². The monoisotopic (exact) mass is 550 g/mol. The molecule has 2 atom stereocenters. The van der Waals surface area contributed by atoms with E-state index in [0.717, 1.165) is 11.1 Å². The van der Waals surface area contributed by atoms with E-state index in [1.165, 1.54) is 0 Å². The lowest BCUT2D eigenvalue weighted by molar-refractivity contribution is 0.196. The summed E-state index contributed by atoms with van der Waals surface area (Å²) in [5.41, 5.74) is 1.49. The number of ether oxygens (including phenoxy) is 2. The molecule has 2 saturated heterocycles. The topological polar surface area (TPSA) is 145 Å². The van der Waals surface area contributed by atoms with Crippen molar-refractivity contribution in [1.82, 2.24) is 10.6 Å². The molecule has 2 aliphatic heterocycles. The highest BCUT2D eigenvalue weighted by Gasteiger charge is 2.30. The largest absolute Gasteiger partial charge is 0.412 e. The molecule has 37 heavy (non-hydrogen) atoms. The van der Waals surface area contributed by atoms with E-state index in [0.29, 0.717) is 24.3 Å². The summed E-state index contributed by atoms with van der Waals surface area (Å²) >= 11 is 0. The number of sulfone groups is 2. The second kappa shape index (κ2) is 10.3. The van der Waals surface area contributed by atoms with Crippen LogP contribution in [0.15, 0.2) is 48.5 Å². The van der Waals surface area contributed by atoms with E-state index in [9.17, 15) is 26.4 Å². The van der Waals surface area contributed by atoms with Crippen molar-refractivity contribution in [3.05, 3.63) is 59.7 Å². The lowest BCUT2D eigenvalue weighted by atomic mass is 9.78. The van der Waals surface area contributed by atoms with E-state index in [-0.39, 0.29) is 23.0 Å². The Balaban J connectivity index is 1.32. The third kappa shape index (κ3) is 7.01. The predicted molar refractivity (Wildman–Crippen MR) is 137 cm³/mol. The number of nitrogens with one attached hydrogen (secondary N) is 2. The molecule has 200 valence electrons. The molecule has 2 fully saturated rings. The minimum absolute atomic E-state index is 0.0644. The van der Waals surface area contributed by atoms with Gasteiger partial charge < -0.3 is 20.1 Å². The van der Waals surface area contributed by atoms with Crippen LogP contribution < -0.4 is 20.1 Å². The summed E-state index contributed by atoms with van der Waals surface area (Å²) in [5, 5.41) is 5.18. The fourth-order valence-electron chi connectivity index (χ4n) is 4.47. The first kappa shape index (κ1) is 26.9. The van der Waals surface area contributed by atoms with Crippen LogP contribution in [-0.4, -0.2) is 64.1 Å². The van der Waals surface area contributed by atoms with Crippen molar-refractivity contribution >= 4 is 31.9 Å². The van der Waals surface area contributed by atoms with Crippen LogP contribution in [-0.2, 0) is 25.1 Å². The van der Waals surface area contributed by atoms with Crippen LogP contribution in [0.2, 0.25) is 0 Å². The number of hydrogen-bond acceptors (Lipinski definition) is 8. The number of benzene rings is 2. The van der Waals surface area contributed by atoms with Gasteiger partial charge >= 0.3 is 12.2 Å². The highest BCUT2D eigenvalue weighted by molar-refractivity contribution is 7.91. The van der Waals surface area contributed by atoms with Crippen LogP contribution >= 0.6 is 0 Å². The molecule has 0 aliphatic carbocycles. The summed E-state index contributed by atoms with van der Waals surface area (Å²) in [7, 11) is -6.20. The lowest BCUT2D eigenvalue weighted by Crippen LogP contribution is -2.37. The first-order valence-electron chi connectivity index (χ1n) is 11.9. The summed E-state index contributed by atoms with van der Waals surface area (Å²) in [4.78, 5) is 24.2. The summed E-state index contributed by atoms with van der Waals surface area (Å²) in [6, 6.07) is 13.2. The first-order chi connectivity index (χ1) is 17.3. The van der Waals surface area contributed by atoms with E-state index in [2.05, 4.69) is 10.6 Å². The highest BCUT2D eigenvalue weighted by Crippen LogP contribution is 2.33. The van der Waals surface area contributed by atoms with Gasteiger partial charge in [-0.3, -0.25) is 0 Å². The molecule has 2 N–H and O–H groups in total. The number of carbonyl (C=O) groups is 2. The normalized spacial score (nSPS) is 22.2. The number of amides is 2. The summed E-state index contributed by atoms with van der Waals surface area (Å²) in [6.45, 7) is 4.05. The van der Waals surface area contributed by atoms with Gasteiger partial charge in [-0.2, -0.15) is 0 Å². The fourth-order valence-corrected chi connectivity index (χ4v) is 7.82. The number of hydrogen-bond donors (Lipinski definition) is 2. The lowest BCUT2D eigenvalue weighted by Gasteiger charge is -2.26. The van der Waals surface area contributed by atoms with Crippen molar-refractivity contribution in [1.29, 1.82) is 0 Å². The zero-order chi connectivity index (χ0) is 26.8. The van der Waals surface area contributed by atoms with Gasteiger partial charge in [0.25, 0.3) is 0 Å². The predicted octanol–water partition coefficient (Wildman–Crippen LogP) is 2.56. The van der Waals surface area contributed by atoms with Gasteiger partial charge in [0.1, 0.15) is 11.5 Å². The number of rotatable bonds is 6. The average molecular weight is 551 g/mol. The van der Waals surface area contributed by atoms with Crippen molar-refractivity contribution in [3.63, 3.8) is 0 Å². The Kier molecular flexibility index (Phi) is 7.52. The van der Waals surface area contributed by atoms with Gasteiger partial charge in [0, 0.05) is 17.5 Å². The van der Waals surface area contributed by atoms with E-state index in [4.69, 9.17) is 9.47 Å². The Labute approximate surface area is 216 Å². The molecule has 4 rings (SSSR count). The van der Waals surface area contributed by atoms with Crippen LogP contribution in [0.5, 0.6) is 11.5 Å². The summed E-state index contributed by atoms with van der Waals surface area (Å²) in [6.07, 6.45) is -0.625. The molecule has 2 aliphatic rings. The molecule has 2 amide bonds. The molecule has 0 spiro atoms. The van der Waals surface area contributed by atoms with Crippen LogP contribution in [0.25, 0.3) is 0 Å². The third-order valence-corrected chi connectivity index (χ3v) is 10.2. The van der Waals surface area contributed by atoms with Gasteiger partial charge in [0.05, 0.1) is 23.0 Å². The van der Waals surface area contributed by atoms with Crippen molar-refractivity contribution in [3.8, 4) is 11.5 Å². The quantitative estimate of drug-likeness (QED) is 0.558. The Morgan fingerprint density at radius 3 is 1.35 bits per heavy atom. The van der Waals surface area contributed by atoms with Crippen molar-refractivity contribution in [2.45, 2.75) is 44.2 Å². The minimum atomic E-state index is -3.10. The van der Waals surface area contributed by atoms with E-state index < -0.39 is 49.4 Å². The van der Waals surface area contributed by atoms with Crippen molar-refractivity contribution < 1.29 is 35.9 Å². The van der Waals surface area contributed by atoms with Crippen LogP contribution in [0.3, 0.4) is 0 Å². The molecule has 0 aromatic heterocycles. The van der Waals surface area contributed by atoms with Gasteiger partial charge in [0.15, 0.2) is 19.7 Å². The van der Waals surface area contributed by atoms with E-state index >= 15 is 0 Å². The SMILES string of the molecule is CC(C)(c1ccc(OC(=O)N[C@H]2CCS(=O)(=O)C2)cc1)c1ccc(OC(=O)N[C@H]2CCS(=O)(=O)C2)cc1. The first-order valence-corrected chi connectivity index (χ1v) is 15.5. The fraction of sp³-hybridized carbons (Fsp3) is 0.440. The summed E-state index contributed by atoms with van der Waals surface area (Å²) in [5.74, 6) is 0.651. The molecule has 2 aromatic rings. The van der Waals surface area contributed by atoms with Crippen LogP contribution in [0.4, 0.5) is 9.59 Å². The second-order valence-corrected chi connectivity index (χ2v) is 14.4. The third-order valence-electron chi connectivity index (χ3n) is 6.68. The van der Waals surface area contributed by atoms with E-state index in [1.807, 2.05) is 38.1 Å². The van der Waals surface area contributed by atoms with Gasteiger partial charge in [-0.15, -0.1) is 0 Å². The molecule has 0 bridgehead atoms. The molecule has 12 heteroatoms. The molecule has 0 unspecified atom stereocenters. The Morgan fingerprint density at radius 1 is 0.703 bits per heavy atom. The Morgan fingerprint density at radius 2 is 1.05 bits per heavy atom. The molecule has 10 nitrogen and oxygen atoms in total. The van der Waals surface area contributed by atoms with Crippen molar-refractivity contribution in [2.24, 2.45) is 0 Å². The molecular formula is C25H30N2O8S2. The van der Waals surface area contributed by atoms with Gasteiger partial charge in [0.2, 0.25) is 0 Å².